The fourth-order valence-corrected chi connectivity index (χ4v) is 2.12. The number of benzene rings is 1. The normalized spacial score (nSPS) is 16.6. The average molecular weight is 234 g/mol. The number of nitrogens with two attached hydrogens (primary N) is 1. The zero-order valence-electron chi connectivity index (χ0n) is 10.2. The van der Waals surface area contributed by atoms with E-state index in [1.54, 1.807) is 6.07 Å². The van der Waals surface area contributed by atoms with Crippen molar-refractivity contribution in [3.63, 3.8) is 0 Å². The Morgan fingerprint density at radius 3 is 2.82 bits per heavy atom. The number of halogens is 1. The summed E-state index contributed by atoms with van der Waals surface area (Å²) in [5, 5.41) is 0. The topological polar surface area (TPSA) is 29.3 Å². The van der Waals surface area contributed by atoms with Crippen LogP contribution in [0.4, 0.5) is 10.1 Å². The van der Waals surface area contributed by atoms with E-state index >= 15 is 0 Å². The quantitative estimate of drug-likeness (QED) is 0.793. The molecule has 1 aliphatic carbocycles. The van der Waals surface area contributed by atoms with Gasteiger partial charge in [0, 0.05) is 24.3 Å². The molecular weight excluding hydrogens is 215 g/mol. The second-order valence-electron chi connectivity index (χ2n) is 4.66. The van der Waals surface area contributed by atoms with Crippen molar-refractivity contribution in [2.24, 2.45) is 5.73 Å². The van der Waals surface area contributed by atoms with E-state index in [2.05, 4.69) is 11.5 Å². The molecule has 3 heteroatoms. The second kappa shape index (κ2) is 4.88. The summed E-state index contributed by atoms with van der Waals surface area (Å²) in [6.45, 7) is 6.46. The minimum absolute atomic E-state index is 0.160. The Kier molecular flexibility index (Phi) is 3.48. The van der Waals surface area contributed by atoms with Crippen molar-refractivity contribution in [3.05, 3.63) is 42.2 Å². The molecule has 0 aliphatic heterocycles. The van der Waals surface area contributed by atoms with E-state index in [-0.39, 0.29) is 11.9 Å². The second-order valence-corrected chi connectivity index (χ2v) is 4.66. The summed E-state index contributed by atoms with van der Waals surface area (Å²) < 4.78 is 13.3. The van der Waals surface area contributed by atoms with Crippen LogP contribution in [0.3, 0.4) is 0 Å². The molecule has 0 spiro atoms. The van der Waals surface area contributed by atoms with Gasteiger partial charge >= 0.3 is 0 Å². The van der Waals surface area contributed by atoms with Gasteiger partial charge in [0.2, 0.25) is 0 Å². The molecule has 1 atom stereocenters. The van der Waals surface area contributed by atoms with Gasteiger partial charge in [-0.05, 0) is 43.5 Å². The highest BCUT2D eigenvalue weighted by Gasteiger charge is 2.30. The molecule has 92 valence electrons. The highest BCUT2D eigenvalue weighted by Crippen LogP contribution is 2.35. The Morgan fingerprint density at radius 1 is 1.59 bits per heavy atom. The summed E-state index contributed by atoms with van der Waals surface area (Å²) >= 11 is 0. The van der Waals surface area contributed by atoms with Gasteiger partial charge in [-0.1, -0.05) is 6.08 Å². The predicted octanol–water partition coefficient (Wildman–Crippen LogP) is 3.00. The minimum Gasteiger partial charge on any atom is -0.365 e. The first-order valence-electron chi connectivity index (χ1n) is 6.06. The molecule has 1 fully saturated rings. The highest BCUT2D eigenvalue weighted by molar-refractivity contribution is 5.57. The van der Waals surface area contributed by atoms with Crippen LogP contribution in [0.15, 0.2) is 30.9 Å². The number of hydrogen-bond acceptors (Lipinski definition) is 2. The predicted molar refractivity (Wildman–Crippen MR) is 69.6 cm³/mol. The van der Waals surface area contributed by atoms with Crippen LogP contribution in [0.25, 0.3) is 0 Å². The Balaban J connectivity index is 2.37. The molecule has 0 saturated heterocycles. The van der Waals surface area contributed by atoms with Crippen LogP contribution in [0.1, 0.15) is 31.4 Å². The maximum Gasteiger partial charge on any atom is 0.123 e. The van der Waals surface area contributed by atoms with Crippen LogP contribution in [0.2, 0.25) is 0 Å². The average Bonchev–Trinajstić information content (AvgIpc) is 3.10. The van der Waals surface area contributed by atoms with Crippen LogP contribution in [-0.4, -0.2) is 12.6 Å². The molecule has 1 saturated carbocycles. The van der Waals surface area contributed by atoms with Crippen molar-refractivity contribution in [1.29, 1.82) is 0 Å². The number of rotatable bonds is 5. The summed E-state index contributed by atoms with van der Waals surface area (Å²) in [5.41, 5.74) is 7.84. The lowest BCUT2D eigenvalue weighted by molar-refractivity contribution is 0.621. The third-order valence-corrected chi connectivity index (χ3v) is 3.10. The van der Waals surface area contributed by atoms with Gasteiger partial charge in [0.1, 0.15) is 5.82 Å². The third-order valence-electron chi connectivity index (χ3n) is 3.10. The molecule has 2 nitrogen and oxygen atoms in total. The van der Waals surface area contributed by atoms with Crippen LogP contribution in [-0.2, 0) is 0 Å². The van der Waals surface area contributed by atoms with E-state index in [4.69, 9.17) is 5.73 Å². The van der Waals surface area contributed by atoms with Crippen molar-refractivity contribution in [1.82, 2.24) is 0 Å². The Morgan fingerprint density at radius 2 is 2.29 bits per heavy atom. The molecule has 0 amide bonds. The molecule has 0 bridgehead atoms. The zero-order valence-corrected chi connectivity index (χ0v) is 10.2. The molecule has 0 radical (unpaired) electrons. The van der Waals surface area contributed by atoms with Gasteiger partial charge in [-0.25, -0.2) is 4.39 Å². The monoisotopic (exact) mass is 234 g/mol. The van der Waals surface area contributed by atoms with Gasteiger partial charge in [-0.15, -0.1) is 6.58 Å². The molecule has 2 rings (SSSR count). The first-order valence-corrected chi connectivity index (χ1v) is 6.06. The van der Waals surface area contributed by atoms with Crippen molar-refractivity contribution < 1.29 is 4.39 Å². The largest absolute Gasteiger partial charge is 0.365 e. The minimum atomic E-state index is -0.226. The number of anilines is 1. The summed E-state index contributed by atoms with van der Waals surface area (Å²) in [7, 11) is 0. The van der Waals surface area contributed by atoms with Crippen LogP contribution in [0.5, 0.6) is 0 Å². The maximum atomic E-state index is 13.3. The SMILES string of the molecule is C=CCN(c1ccc(F)cc1C(C)N)C1CC1. The molecule has 1 aromatic carbocycles. The molecule has 2 N–H and O–H groups in total. The van der Waals surface area contributed by atoms with Crippen molar-refractivity contribution in [2.45, 2.75) is 31.8 Å². The smallest absolute Gasteiger partial charge is 0.123 e. The number of hydrogen-bond donors (Lipinski definition) is 1. The molecule has 1 unspecified atom stereocenters. The molecule has 0 heterocycles. The zero-order chi connectivity index (χ0) is 12.4. The van der Waals surface area contributed by atoms with Gasteiger partial charge in [-0.2, -0.15) is 0 Å². The van der Waals surface area contributed by atoms with Crippen LogP contribution >= 0.6 is 0 Å². The summed E-state index contributed by atoms with van der Waals surface area (Å²) in [4.78, 5) is 2.27. The van der Waals surface area contributed by atoms with Gasteiger partial charge in [0.05, 0.1) is 0 Å². The Labute approximate surface area is 102 Å². The summed E-state index contributed by atoms with van der Waals surface area (Å²) in [5.74, 6) is -0.226. The van der Waals surface area contributed by atoms with Crippen LogP contribution in [0, 0.1) is 5.82 Å². The lowest BCUT2D eigenvalue weighted by atomic mass is 10.1. The van der Waals surface area contributed by atoms with E-state index in [0.717, 1.165) is 17.8 Å². The first kappa shape index (κ1) is 12.1. The van der Waals surface area contributed by atoms with Crippen LogP contribution < -0.4 is 10.6 Å². The maximum absolute atomic E-state index is 13.3. The Bertz CT molecular complexity index is 411. The fourth-order valence-electron chi connectivity index (χ4n) is 2.12. The summed E-state index contributed by atoms with van der Waals surface area (Å²) in [6, 6.07) is 5.27. The fraction of sp³-hybridized carbons (Fsp3) is 0.429. The molecular formula is C14H19FN2. The molecule has 17 heavy (non-hydrogen) atoms. The van der Waals surface area contributed by atoms with Gasteiger partial charge < -0.3 is 10.6 Å². The first-order chi connectivity index (χ1) is 8.13. The van der Waals surface area contributed by atoms with Crippen molar-refractivity contribution in [2.75, 3.05) is 11.4 Å². The van der Waals surface area contributed by atoms with Crippen molar-refractivity contribution >= 4 is 5.69 Å². The molecule has 1 aliphatic rings. The lowest BCUT2D eigenvalue weighted by Crippen LogP contribution is -2.27. The van der Waals surface area contributed by atoms with E-state index < -0.39 is 0 Å². The molecule has 0 aromatic heterocycles. The molecule has 1 aromatic rings. The standard InChI is InChI=1S/C14H19FN2/c1-3-8-17(12-5-6-12)14-7-4-11(15)9-13(14)10(2)16/h3-4,7,9-10,12H,1,5-6,8,16H2,2H3. The van der Waals surface area contributed by atoms with E-state index in [1.165, 1.54) is 18.9 Å². The number of nitrogens with zero attached hydrogens (tertiary/aromatic N) is 1. The van der Waals surface area contributed by atoms with E-state index in [1.807, 2.05) is 19.1 Å². The lowest BCUT2D eigenvalue weighted by Gasteiger charge is -2.27. The van der Waals surface area contributed by atoms with E-state index in [9.17, 15) is 4.39 Å². The third kappa shape index (κ3) is 2.67. The van der Waals surface area contributed by atoms with Gasteiger partial charge in [-0.3, -0.25) is 0 Å². The summed E-state index contributed by atoms with van der Waals surface area (Å²) in [6.07, 6.45) is 4.28. The Hall–Kier alpha value is -1.35. The van der Waals surface area contributed by atoms with Crippen molar-refractivity contribution in [3.8, 4) is 0 Å². The van der Waals surface area contributed by atoms with Gasteiger partial charge in [0.25, 0.3) is 0 Å². The van der Waals surface area contributed by atoms with Gasteiger partial charge in [0.15, 0.2) is 0 Å². The van der Waals surface area contributed by atoms with E-state index in [0.29, 0.717) is 6.04 Å². The highest BCUT2D eigenvalue weighted by atomic mass is 19.1.